The maximum atomic E-state index is 13.9. The van der Waals surface area contributed by atoms with Gasteiger partial charge in [0.15, 0.2) is 0 Å². The lowest BCUT2D eigenvalue weighted by Gasteiger charge is -2.27. The zero-order valence-electron chi connectivity index (χ0n) is 49.4. The van der Waals surface area contributed by atoms with Crippen LogP contribution in [0.15, 0.2) is 79.0 Å². The quantitative estimate of drug-likeness (QED) is 0.0225. The van der Waals surface area contributed by atoms with E-state index in [-0.39, 0.29) is 140 Å². The molecule has 1 aliphatic rings. The second-order valence-corrected chi connectivity index (χ2v) is 19.9. The SMILES string of the molecule is CN/C(=C(\N)c1ccc2ncc(OCCNC(=O)OCc3ccc(NC(=O)[C@H](CCCNC(N)=O)NC(=O)[C@@H](NC(=O)[C@H](CCC(=O)O)NC(=O)CCOCCOCCOCCOCCN4C(=O)C=CC4=O)C(C)C)cc3)nc2c1)c1cccc(C(F)F)n1. The Morgan fingerprint density at radius 2 is 1.36 bits per heavy atom. The molecule has 0 saturated carbocycles. The molecule has 9 amide bonds. The average molecular weight is 1250 g/mol. The number of hydrogen-bond donors (Lipinski definition) is 10. The van der Waals surface area contributed by atoms with Crippen molar-refractivity contribution in [2.45, 2.75) is 77.1 Å². The van der Waals surface area contributed by atoms with E-state index in [4.69, 9.17) is 39.9 Å². The molecule has 0 unspecified atom stereocenters. The second-order valence-electron chi connectivity index (χ2n) is 19.9. The number of carbonyl (C=O) groups excluding carboxylic acids is 8. The molecule has 3 heterocycles. The van der Waals surface area contributed by atoms with Crippen molar-refractivity contribution in [3.63, 3.8) is 0 Å². The number of aliphatic carboxylic acids is 1. The van der Waals surface area contributed by atoms with Crippen molar-refractivity contribution in [2.75, 3.05) is 91.5 Å². The number of amides is 9. The molecular formula is C58H75F2N13O16. The molecule has 12 N–H and O–H groups in total. The van der Waals surface area contributed by atoms with Gasteiger partial charge in [-0.2, -0.15) is 0 Å². The van der Waals surface area contributed by atoms with Gasteiger partial charge in [0, 0.05) is 49.8 Å². The number of anilines is 1. The van der Waals surface area contributed by atoms with Crippen molar-refractivity contribution in [1.29, 1.82) is 0 Å². The first-order valence-electron chi connectivity index (χ1n) is 28.4. The summed E-state index contributed by atoms with van der Waals surface area (Å²) in [5, 5.41) is 27.8. The van der Waals surface area contributed by atoms with E-state index in [1.807, 2.05) is 0 Å². The van der Waals surface area contributed by atoms with Crippen LogP contribution in [0.4, 0.5) is 24.1 Å². The summed E-state index contributed by atoms with van der Waals surface area (Å²) >= 11 is 0. The van der Waals surface area contributed by atoms with E-state index in [2.05, 4.69) is 52.2 Å². The minimum absolute atomic E-state index is 0.000945. The van der Waals surface area contributed by atoms with Gasteiger partial charge in [-0.1, -0.05) is 38.1 Å². The van der Waals surface area contributed by atoms with E-state index in [1.165, 1.54) is 42.6 Å². The highest BCUT2D eigenvalue weighted by Crippen LogP contribution is 2.25. The Hall–Kier alpha value is -9.46. The number of aromatic nitrogens is 3. The van der Waals surface area contributed by atoms with Gasteiger partial charge >= 0.3 is 18.1 Å². The number of alkyl carbamates (subject to hydrolysis) is 1. The molecule has 0 radical (unpaired) electrons. The van der Waals surface area contributed by atoms with Crippen LogP contribution in [0.3, 0.4) is 0 Å². The van der Waals surface area contributed by atoms with Gasteiger partial charge < -0.3 is 82.2 Å². The first-order chi connectivity index (χ1) is 42.7. The third-order valence-electron chi connectivity index (χ3n) is 12.9. The first kappa shape index (κ1) is 70.3. The monoisotopic (exact) mass is 1250 g/mol. The topological polar surface area (TPSA) is 407 Å². The Bertz CT molecular complexity index is 3100. The number of fused-ring (bicyclic) bond motifs is 1. The predicted octanol–water partition coefficient (Wildman–Crippen LogP) is 2.02. The summed E-state index contributed by atoms with van der Waals surface area (Å²) in [6.45, 7) is 4.74. The highest BCUT2D eigenvalue weighted by molar-refractivity contribution is 6.12. The van der Waals surface area contributed by atoms with Crippen molar-refractivity contribution in [1.82, 2.24) is 51.8 Å². The minimum Gasteiger partial charge on any atom is -0.481 e. The predicted molar refractivity (Wildman–Crippen MR) is 316 cm³/mol. The number of nitrogens with one attached hydrogen (secondary N) is 7. The number of benzene rings is 2. The number of imide groups is 1. The number of nitrogens with two attached hydrogens (primary N) is 2. The molecule has 0 saturated heterocycles. The van der Waals surface area contributed by atoms with Crippen LogP contribution in [-0.4, -0.2) is 183 Å². The van der Waals surface area contributed by atoms with E-state index in [1.54, 1.807) is 57.3 Å². The van der Waals surface area contributed by atoms with E-state index < -0.39 is 84.3 Å². The molecule has 2 aromatic heterocycles. The van der Waals surface area contributed by atoms with Gasteiger partial charge in [0.25, 0.3) is 18.2 Å². The molecule has 29 nitrogen and oxygen atoms in total. The Balaban J connectivity index is 1.04. The fraction of sp³-hybridized carbons (Fsp3) is 0.448. The van der Waals surface area contributed by atoms with Gasteiger partial charge in [-0.05, 0) is 67.1 Å². The molecule has 482 valence electrons. The summed E-state index contributed by atoms with van der Waals surface area (Å²) < 4.78 is 59.5. The highest BCUT2D eigenvalue weighted by Gasteiger charge is 2.32. The van der Waals surface area contributed by atoms with Gasteiger partial charge in [0.1, 0.15) is 37.0 Å². The lowest BCUT2D eigenvalue weighted by Crippen LogP contribution is -2.58. The number of ether oxygens (including phenoxy) is 6. The standard InChI is InChI=1S/C58H75F2N13O16/c1-35(2)51(72-55(80)43(15-18-49(77)78)69-45(74)19-23-84-26-28-86-30-31-87-29-27-85-25-22-73-47(75)16-17-48(73)76)56(81)71-42(8-5-20-64-57(62)82)54(79)67-38-12-9-36(10-13-38)34-89-58(83)65-21-24-88-46-33-66-39-14-11-37(32-44(39)70-46)50(61)52(63-3)40-6-4-7-41(68-40)53(59)60/h4,6-7,9-14,16-17,32-33,35,42-43,51,53,63H,5,8,15,18-31,34,61H2,1-3H3,(H,65,83)(H,67,79)(H,69,74)(H,71,81)(H,72,80)(H,77,78)(H3,62,64,82)/b52-50-/t42-,43-,51-/m0/s1. The number of rotatable bonds is 40. The molecular weight excluding hydrogens is 1170 g/mol. The number of carboxylic acid groups (broad SMARTS) is 1. The smallest absolute Gasteiger partial charge is 0.407 e. The largest absolute Gasteiger partial charge is 0.481 e. The fourth-order valence-corrected chi connectivity index (χ4v) is 8.29. The molecule has 3 atom stereocenters. The summed E-state index contributed by atoms with van der Waals surface area (Å²) in [7, 11) is 1.59. The molecule has 89 heavy (non-hydrogen) atoms. The van der Waals surface area contributed by atoms with Crippen LogP contribution >= 0.6 is 0 Å². The Labute approximate surface area is 510 Å². The van der Waals surface area contributed by atoms with Gasteiger partial charge in [-0.25, -0.2) is 33.3 Å². The van der Waals surface area contributed by atoms with E-state index in [0.29, 0.717) is 33.5 Å². The van der Waals surface area contributed by atoms with Crippen LogP contribution in [0, 0.1) is 5.92 Å². The number of hydrogen-bond acceptors (Lipinski definition) is 20. The molecule has 0 bridgehead atoms. The normalized spacial score (nSPS) is 13.3. The highest BCUT2D eigenvalue weighted by atomic mass is 19.3. The van der Waals surface area contributed by atoms with Crippen molar-refractivity contribution in [3.8, 4) is 5.88 Å². The molecule has 0 fully saturated rings. The summed E-state index contributed by atoms with van der Waals surface area (Å²) in [4.78, 5) is 127. The van der Waals surface area contributed by atoms with Crippen molar-refractivity contribution in [3.05, 3.63) is 102 Å². The summed E-state index contributed by atoms with van der Waals surface area (Å²) in [5.74, 6) is -5.35. The van der Waals surface area contributed by atoms with E-state index in [0.717, 1.165) is 4.90 Å². The number of halogens is 2. The lowest BCUT2D eigenvalue weighted by atomic mass is 10.0. The van der Waals surface area contributed by atoms with Gasteiger partial charge in [0.2, 0.25) is 29.5 Å². The number of urea groups is 1. The minimum atomic E-state index is -2.76. The number of carboxylic acids is 1. The van der Waals surface area contributed by atoms with Crippen LogP contribution in [0.2, 0.25) is 0 Å². The Morgan fingerprint density at radius 1 is 0.697 bits per heavy atom. The molecule has 2 aromatic carbocycles. The van der Waals surface area contributed by atoms with Gasteiger partial charge in [0.05, 0.1) is 100 Å². The molecule has 0 aliphatic carbocycles. The number of primary amides is 1. The van der Waals surface area contributed by atoms with Crippen LogP contribution in [0.5, 0.6) is 5.88 Å². The third-order valence-corrected chi connectivity index (χ3v) is 12.9. The average Bonchev–Trinajstić information content (AvgIpc) is 3.08. The van der Waals surface area contributed by atoms with Gasteiger partial charge in [-0.15, -0.1) is 0 Å². The van der Waals surface area contributed by atoms with Crippen molar-refractivity contribution >= 4 is 81.7 Å². The van der Waals surface area contributed by atoms with Crippen LogP contribution in [0.25, 0.3) is 22.4 Å². The van der Waals surface area contributed by atoms with Gasteiger partial charge in [-0.3, -0.25) is 38.5 Å². The Morgan fingerprint density at radius 3 is 2.00 bits per heavy atom. The number of alkyl halides is 2. The maximum Gasteiger partial charge on any atom is 0.407 e. The summed E-state index contributed by atoms with van der Waals surface area (Å²) in [5.41, 5.74) is 14.4. The lowest BCUT2D eigenvalue weighted by molar-refractivity contribution is -0.139. The zero-order chi connectivity index (χ0) is 64.7. The third kappa shape index (κ3) is 24.7. The molecule has 0 spiro atoms. The number of pyridine rings is 1. The molecule has 31 heteroatoms. The maximum absolute atomic E-state index is 13.9. The molecule has 5 rings (SSSR count). The summed E-state index contributed by atoms with van der Waals surface area (Å²) in [6, 6.07) is 10.9. The van der Waals surface area contributed by atoms with Crippen LogP contribution in [0.1, 0.15) is 74.9 Å². The van der Waals surface area contributed by atoms with E-state index in [9.17, 15) is 57.0 Å². The van der Waals surface area contributed by atoms with Crippen LogP contribution < -0.4 is 53.4 Å². The van der Waals surface area contributed by atoms with E-state index >= 15 is 0 Å². The second kappa shape index (κ2) is 37.3. The fourth-order valence-electron chi connectivity index (χ4n) is 8.29. The Kier molecular flexibility index (Phi) is 29.5. The molecule has 4 aromatic rings. The summed E-state index contributed by atoms with van der Waals surface area (Å²) in [6.07, 6.45) is -0.543. The molecule has 1 aliphatic heterocycles. The van der Waals surface area contributed by atoms with Crippen molar-refractivity contribution in [2.24, 2.45) is 17.4 Å². The number of carbonyl (C=O) groups is 9. The van der Waals surface area contributed by atoms with Crippen LogP contribution in [-0.2, 0) is 63.9 Å². The number of nitrogens with zero attached hydrogens (tertiary/aromatic N) is 4. The first-order valence-corrected chi connectivity index (χ1v) is 28.4. The van der Waals surface area contributed by atoms with Crippen molar-refractivity contribution < 1.29 is 85.5 Å². The zero-order valence-corrected chi connectivity index (χ0v) is 49.4.